The summed E-state index contributed by atoms with van der Waals surface area (Å²) in [6.45, 7) is 2.57. The van der Waals surface area contributed by atoms with Crippen LogP contribution in [0.15, 0.2) is 28.7 Å². The van der Waals surface area contributed by atoms with Gasteiger partial charge in [0.15, 0.2) is 0 Å². The monoisotopic (exact) mass is 296 g/mol. The number of carbonyl (C=O) groups excluding carboxylic acids is 1. The van der Waals surface area contributed by atoms with Crippen LogP contribution in [0.25, 0.3) is 0 Å². The highest BCUT2D eigenvalue weighted by Gasteiger charge is 2.18. The maximum atomic E-state index is 10.4. The summed E-state index contributed by atoms with van der Waals surface area (Å²) in [4.78, 5) is 12.6. The van der Waals surface area contributed by atoms with Crippen LogP contribution in [0.2, 0.25) is 0 Å². The van der Waals surface area contributed by atoms with Gasteiger partial charge in [-0.1, -0.05) is 12.1 Å². The van der Waals surface area contributed by atoms with Crippen molar-refractivity contribution in [1.82, 2.24) is 4.90 Å². The van der Waals surface area contributed by atoms with Crippen LogP contribution in [0.4, 0.5) is 5.69 Å². The molecule has 1 heterocycles. The molecule has 1 aliphatic heterocycles. The molecule has 1 saturated heterocycles. The van der Waals surface area contributed by atoms with Crippen molar-refractivity contribution in [2.24, 2.45) is 0 Å². The lowest BCUT2D eigenvalue weighted by Gasteiger charge is -2.31. The fourth-order valence-electron chi connectivity index (χ4n) is 2.16. The summed E-state index contributed by atoms with van der Waals surface area (Å²) in [6.07, 6.45) is 3.17. The van der Waals surface area contributed by atoms with E-state index in [1.165, 1.54) is 0 Å². The molecule has 2 rings (SSSR count). The van der Waals surface area contributed by atoms with Crippen LogP contribution >= 0.6 is 15.9 Å². The third kappa shape index (κ3) is 3.54. The summed E-state index contributed by atoms with van der Waals surface area (Å²) < 4.78 is 1.11. The van der Waals surface area contributed by atoms with Crippen molar-refractivity contribution >= 4 is 27.9 Å². The molecular formula is C13H17BrN2O. The van der Waals surface area contributed by atoms with E-state index in [-0.39, 0.29) is 0 Å². The number of nitrogens with one attached hydrogen (secondary N) is 1. The molecule has 0 unspecified atom stereocenters. The average molecular weight is 297 g/mol. The molecule has 0 spiro atoms. The van der Waals surface area contributed by atoms with Gasteiger partial charge in [0.1, 0.15) is 6.29 Å². The van der Waals surface area contributed by atoms with Gasteiger partial charge in [0, 0.05) is 29.3 Å². The third-order valence-electron chi connectivity index (χ3n) is 3.15. The molecule has 0 amide bonds. The second-order valence-corrected chi connectivity index (χ2v) is 5.22. The molecule has 4 heteroatoms. The number of halogens is 1. The minimum absolute atomic E-state index is 0.511. The molecule has 0 aromatic heterocycles. The summed E-state index contributed by atoms with van der Waals surface area (Å²) in [5.41, 5.74) is 1.15. The van der Waals surface area contributed by atoms with Gasteiger partial charge in [-0.05, 0) is 40.9 Å². The normalized spacial score (nSPS) is 17.9. The first-order chi connectivity index (χ1) is 8.29. The number of hydrogen-bond donors (Lipinski definition) is 1. The van der Waals surface area contributed by atoms with Crippen molar-refractivity contribution in [3.05, 3.63) is 28.7 Å². The van der Waals surface area contributed by atoms with Crippen LogP contribution in [0.5, 0.6) is 0 Å². The lowest BCUT2D eigenvalue weighted by molar-refractivity contribution is -0.109. The number of piperidine rings is 1. The quantitative estimate of drug-likeness (QED) is 0.867. The Morgan fingerprint density at radius 1 is 1.35 bits per heavy atom. The van der Waals surface area contributed by atoms with Crippen LogP contribution in [-0.4, -0.2) is 36.9 Å². The van der Waals surface area contributed by atoms with Gasteiger partial charge < -0.3 is 10.1 Å². The van der Waals surface area contributed by atoms with Crippen LogP contribution in [-0.2, 0) is 4.79 Å². The highest BCUT2D eigenvalue weighted by atomic mass is 79.9. The third-order valence-corrected chi connectivity index (χ3v) is 3.85. The molecule has 1 aromatic rings. The average Bonchev–Trinajstić information content (AvgIpc) is 2.35. The Hall–Kier alpha value is -0.870. The minimum atomic E-state index is 0.511. The zero-order chi connectivity index (χ0) is 12.1. The van der Waals surface area contributed by atoms with Crippen molar-refractivity contribution in [2.45, 2.75) is 18.9 Å². The fourth-order valence-corrected chi connectivity index (χ4v) is 2.56. The van der Waals surface area contributed by atoms with E-state index in [4.69, 9.17) is 0 Å². The maximum absolute atomic E-state index is 10.4. The van der Waals surface area contributed by atoms with E-state index in [0.717, 1.165) is 42.4 Å². The van der Waals surface area contributed by atoms with Crippen LogP contribution in [0.3, 0.4) is 0 Å². The predicted molar refractivity (Wildman–Crippen MR) is 73.3 cm³/mol. The highest BCUT2D eigenvalue weighted by Crippen LogP contribution is 2.24. The molecule has 0 saturated carbocycles. The van der Waals surface area contributed by atoms with Crippen molar-refractivity contribution in [2.75, 3.05) is 25.0 Å². The molecule has 0 bridgehead atoms. The van der Waals surface area contributed by atoms with Crippen molar-refractivity contribution in [3.8, 4) is 0 Å². The van der Waals surface area contributed by atoms with E-state index in [9.17, 15) is 4.79 Å². The van der Waals surface area contributed by atoms with Gasteiger partial charge in [-0.15, -0.1) is 0 Å². The summed E-state index contributed by atoms with van der Waals surface area (Å²) in [7, 11) is 0. The summed E-state index contributed by atoms with van der Waals surface area (Å²) in [5, 5.41) is 3.55. The molecule has 1 N–H and O–H groups in total. The van der Waals surface area contributed by atoms with Crippen molar-refractivity contribution < 1.29 is 4.79 Å². The van der Waals surface area contributed by atoms with Crippen molar-refractivity contribution in [1.29, 1.82) is 0 Å². The standard InChI is InChI=1S/C13H17BrN2O/c14-12-3-1-2-4-13(12)15-11-5-7-16(8-6-11)9-10-17/h1-4,10-11,15H,5-9H2. The van der Waals surface area contributed by atoms with E-state index < -0.39 is 0 Å². The number of para-hydroxylation sites is 1. The van der Waals surface area contributed by atoms with Crippen LogP contribution < -0.4 is 5.32 Å². The highest BCUT2D eigenvalue weighted by molar-refractivity contribution is 9.10. The second-order valence-electron chi connectivity index (χ2n) is 4.37. The maximum Gasteiger partial charge on any atom is 0.133 e. The van der Waals surface area contributed by atoms with Gasteiger partial charge in [0.25, 0.3) is 0 Å². The number of likely N-dealkylation sites (tertiary alicyclic amines) is 1. The number of carbonyl (C=O) groups is 1. The molecule has 3 nitrogen and oxygen atoms in total. The van der Waals surface area contributed by atoms with E-state index in [1.807, 2.05) is 18.2 Å². The van der Waals surface area contributed by atoms with E-state index in [2.05, 4.69) is 32.2 Å². The van der Waals surface area contributed by atoms with Gasteiger partial charge in [-0.3, -0.25) is 4.90 Å². The van der Waals surface area contributed by atoms with Gasteiger partial charge in [-0.2, -0.15) is 0 Å². The molecule has 1 aliphatic rings. The topological polar surface area (TPSA) is 32.3 Å². The Morgan fingerprint density at radius 3 is 2.71 bits per heavy atom. The van der Waals surface area contributed by atoms with Crippen LogP contribution in [0.1, 0.15) is 12.8 Å². The number of nitrogens with zero attached hydrogens (tertiary/aromatic N) is 1. The van der Waals surface area contributed by atoms with Gasteiger partial charge >= 0.3 is 0 Å². The predicted octanol–water partition coefficient (Wildman–Crippen LogP) is 2.52. The first kappa shape index (κ1) is 12.6. The molecule has 0 atom stereocenters. The zero-order valence-corrected chi connectivity index (χ0v) is 11.3. The minimum Gasteiger partial charge on any atom is -0.381 e. The molecule has 1 fully saturated rings. The summed E-state index contributed by atoms with van der Waals surface area (Å²) in [6, 6.07) is 8.69. The van der Waals surface area contributed by atoms with Gasteiger partial charge in [0.2, 0.25) is 0 Å². The number of benzene rings is 1. The number of aldehydes is 1. The fraction of sp³-hybridized carbons (Fsp3) is 0.462. The molecule has 17 heavy (non-hydrogen) atoms. The lowest BCUT2D eigenvalue weighted by Crippen LogP contribution is -2.39. The Kier molecular flexibility index (Phi) is 4.57. The molecule has 92 valence electrons. The van der Waals surface area contributed by atoms with Gasteiger partial charge in [-0.25, -0.2) is 0 Å². The summed E-state index contributed by atoms with van der Waals surface area (Å²) in [5.74, 6) is 0. The number of hydrogen-bond acceptors (Lipinski definition) is 3. The largest absolute Gasteiger partial charge is 0.381 e. The second kappa shape index (κ2) is 6.17. The Morgan fingerprint density at radius 2 is 2.06 bits per heavy atom. The lowest BCUT2D eigenvalue weighted by atomic mass is 10.0. The van der Waals surface area contributed by atoms with E-state index >= 15 is 0 Å². The molecule has 1 aromatic carbocycles. The number of rotatable bonds is 4. The van der Waals surface area contributed by atoms with E-state index in [0.29, 0.717) is 12.6 Å². The molecule has 0 aliphatic carbocycles. The molecular weight excluding hydrogens is 280 g/mol. The first-order valence-corrected chi connectivity index (χ1v) is 6.76. The molecule has 0 radical (unpaired) electrons. The SMILES string of the molecule is O=CCN1CCC(Nc2ccccc2Br)CC1. The number of anilines is 1. The van der Waals surface area contributed by atoms with Crippen LogP contribution in [0, 0.1) is 0 Å². The summed E-state index contributed by atoms with van der Waals surface area (Å²) >= 11 is 3.54. The Labute approximate surface area is 110 Å². The zero-order valence-electron chi connectivity index (χ0n) is 9.73. The van der Waals surface area contributed by atoms with Crippen molar-refractivity contribution in [3.63, 3.8) is 0 Å². The Bertz CT molecular complexity index is 375. The van der Waals surface area contributed by atoms with E-state index in [1.54, 1.807) is 0 Å². The smallest absolute Gasteiger partial charge is 0.133 e. The van der Waals surface area contributed by atoms with Gasteiger partial charge in [0.05, 0.1) is 6.54 Å². The first-order valence-electron chi connectivity index (χ1n) is 5.96. The Balaban J connectivity index is 1.86.